The minimum atomic E-state index is -3.09. The van der Waals surface area contributed by atoms with Crippen molar-refractivity contribution in [2.24, 2.45) is 0 Å². The minimum absolute atomic E-state index is 0.435. The van der Waals surface area contributed by atoms with Gasteiger partial charge in [-0.2, -0.15) is 11.8 Å². The van der Waals surface area contributed by atoms with E-state index in [1.165, 1.54) is 6.26 Å². The molecule has 1 aromatic heterocycles. The fourth-order valence-corrected chi connectivity index (χ4v) is 5.21. The predicted octanol–water partition coefficient (Wildman–Crippen LogP) is 1.51. The Balaban J connectivity index is 2.17. The number of aromatic nitrogens is 1. The van der Waals surface area contributed by atoms with Gasteiger partial charge in [-0.15, -0.1) is 0 Å². The van der Waals surface area contributed by atoms with Gasteiger partial charge in [-0.3, -0.25) is 4.98 Å². The Morgan fingerprint density at radius 2 is 2.33 bits per heavy atom. The van der Waals surface area contributed by atoms with Crippen LogP contribution in [0.25, 0.3) is 0 Å². The van der Waals surface area contributed by atoms with Crippen molar-refractivity contribution in [3.8, 4) is 0 Å². The SMILES string of the molecule is CCCNCc1cc(N2CCSCC2S(C)(=O)=O)ccn1. The molecule has 7 heteroatoms. The predicted molar refractivity (Wildman–Crippen MR) is 89.5 cm³/mol. The molecule has 1 fully saturated rings. The molecule has 0 amide bonds. The molecule has 1 saturated heterocycles. The first kappa shape index (κ1) is 16.6. The van der Waals surface area contributed by atoms with Gasteiger partial charge in [0.1, 0.15) is 5.37 Å². The lowest BCUT2D eigenvalue weighted by molar-refractivity contribution is 0.584. The van der Waals surface area contributed by atoms with Gasteiger partial charge in [-0.1, -0.05) is 6.92 Å². The van der Waals surface area contributed by atoms with E-state index in [4.69, 9.17) is 0 Å². The summed E-state index contributed by atoms with van der Waals surface area (Å²) in [6.45, 7) is 4.55. The fourth-order valence-electron chi connectivity index (χ4n) is 2.37. The third kappa shape index (κ3) is 4.59. The van der Waals surface area contributed by atoms with E-state index in [1.54, 1.807) is 18.0 Å². The molecule has 0 spiro atoms. The Kier molecular flexibility index (Phi) is 5.89. The number of nitrogens with zero attached hydrogens (tertiary/aromatic N) is 2. The number of anilines is 1. The second-order valence-corrected chi connectivity index (χ2v) is 8.59. The number of hydrogen-bond donors (Lipinski definition) is 1. The molecule has 1 N–H and O–H groups in total. The summed E-state index contributed by atoms with van der Waals surface area (Å²) in [5, 5.41) is 2.88. The molecule has 1 aromatic rings. The second kappa shape index (κ2) is 7.47. The first-order valence-electron chi connectivity index (χ1n) is 7.21. The van der Waals surface area contributed by atoms with Crippen LogP contribution < -0.4 is 10.2 Å². The van der Waals surface area contributed by atoms with Crippen LogP contribution >= 0.6 is 11.8 Å². The Morgan fingerprint density at radius 3 is 3.05 bits per heavy atom. The maximum atomic E-state index is 12.0. The maximum absolute atomic E-state index is 12.0. The molecule has 0 bridgehead atoms. The summed E-state index contributed by atoms with van der Waals surface area (Å²) < 4.78 is 24.0. The monoisotopic (exact) mass is 329 g/mol. The van der Waals surface area contributed by atoms with Gasteiger partial charge in [-0.25, -0.2) is 8.42 Å². The first-order valence-corrected chi connectivity index (χ1v) is 10.3. The Hall–Kier alpha value is -0.790. The van der Waals surface area contributed by atoms with Crippen molar-refractivity contribution >= 4 is 27.3 Å². The second-order valence-electron chi connectivity index (χ2n) is 5.23. The Labute approximate surface area is 131 Å². The number of thioether (sulfide) groups is 1. The van der Waals surface area contributed by atoms with Crippen molar-refractivity contribution in [2.75, 3.05) is 35.8 Å². The molecule has 21 heavy (non-hydrogen) atoms. The summed E-state index contributed by atoms with van der Waals surface area (Å²) in [7, 11) is -3.09. The van der Waals surface area contributed by atoms with Gasteiger partial charge < -0.3 is 10.2 Å². The highest BCUT2D eigenvalue weighted by molar-refractivity contribution is 8.01. The van der Waals surface area contributed by atoms with Gasteiger partial charge in [0, 0.05) is 42.7 Å². The zero-order valence-corrected chi connectivity index (χ0v) is 14.2. The molecule has 1 aliphatic heterocycles. The normalized spacial score (nSPS) is 19.7. The average molecular weight is 329 g/mol. The number of pyridine rings is 1. The average Bonchev–Trinajstić information content (AvgIpc) is 2.47. The van der Waals surface area contributed by atoms with Gasteiger partial charge >= 0.3 is 0 Å². The van der Waals surface area contributed by atoms with E-state index in [2.05, 4.69) is 17.2 Å². The third-order valence-electron chi connectivity index (χ3n) is 3.44. The van der Waals surface area contributed by atoms with Crippen LogP contribution in [-0.4, -0.2) is 49.6 Å². The Morgan fingerprint density at radius 1 is 1.52 bits per heavy atom. The van der Waals surface area contributed by atoms with Gasteiger partial charge in [0.2, 0.25) is 0 Å². The molecule has 0 aliphatic carbocycles. The summed E-state index contributed by atoms with van der Waals surface area (Å²) in [6.07, 6.45) is 4.17. The molecule has 2 rings (SSSR count). The molecule has 2 heterocycles. The summed E-state index contributed by atoms with van der Waals surface area (Å²) in [5.74, 6) is 1.59. The van der Waals surface area contributed by atoms with Gasteiger partial charge in [0.25, 0.3) is 0 Å². The van der Waals surface area contributed by atoms with Crippen LogP contribution in [0.1, 0.15) is 19.0 Å². The van der Waals surface area contributed by atoms with Crippen LogP contribution in [0.3, 0.4) is 0 Å². The van der Waals surface area contributed by atoms with E-state index >= 15 is 0 Å². The number of nitrogens with one attached hydrogen (secondary N) is 1. The van der Waals surface area contributed by atoms with Gasteiger partial charge in [0.05, 0.1) is 5.69 Å². The first-order chi connectivity index (χ1) is 10.0. The molecule has 1 atom stereocenters. The van der Waals surface area contributed by atoms with E-state index in [1.807, 2.05) is 17.0 Å². The van der Waals surface area contributed by atoms with Crippen molar-refractivity contribution < 1.29 is 8.42 Å². The summed E-state index contributed by atoms with van der Waals surface area (Å²) in [6, 6.07) is 3.90. The zero-order valence-electron chi connectivity index (χ0n) is 12.6. The highest BCUT2D eigenvalue weighted by atomic mass is 32.2. The quantitative estimate of drug-likeness (QED) is 0.798. The third-order valence-corrected chi connectivity index (χ3v) is 6.09. The van der Waals surface area contributed by atoms with Crippen molar-refractivity contribution in [2.45, 2.75) is 25.3 Å². The molecular weight excluding hydrogens is 306 g/mol. The molecule has 118 valence electrons. The largest absolute Gasteiger partial charge is 0.353 e. The number of sulfone groups is 1. The molecule has 1 unspecified atom stereocenters. The number of rotatable bonds is 6. The lowest BCUT2D eigenvalue weighted by Crippen LogP contribution is -2.47. The van der Waals surface area contributed by atoms with E-state index in [9.17, 15) is 8.42 Å². The highest BCUT2D eigenvalue weighted by Gasteiger charge is 2.31. The molecular formula is C14H23N3O2S2. The van der Waals surface area contributed by atoms with Crippen LogP contribution in [-0.2, 0) is 16.4 Å². The van der Waals surface area contributed by atoms with Gasteiger partial charge in [-0.05, 0) is 25.1 Å². The molecule has 1 aliphatic rings. The molecule has 0 saturated carbocycles. The van der Waals surface area contributed by atoms with E-state index < -0.39 is 15.2 Å². The fraction of sp³-hybridized carbons (Fsp3) is 0.643. The summed E-state index contributed by atoms with van der Waals surface area (Å²) in [4.78, 5) is 6.35. The summed E-state index contributed by atoms with van der Waals surface area (Å²) >= 11 is 1.70. The molecule has 0 aromatic carbocycles. The maximum Gasteiger partial charge on any atom is 0.169 e. The standard InChI is InChI=1S/C14H23N3O2S2/c1-3-5-15-10-12-9-13(4-6-16-12)17-7-8-20-11-14(17)21(2,18)19/h4,6,9,14-15H,3,5,7-8,10-11H2,1-2H3. The van der Waals surface area contributed by atoms with Crippen molar-refractivity contribution in [1.29, 1.82) is 0 Å². The van der Waals surface area contributed by atoms with Crippen molar-refractivity contribution in [3.63, 3.8) is 0 Å². The van der Waals surface area contributed by atoms with Crippen molar-refractivity contribution in [1.82, 2.24) is 10.3 Å². The number of hydrogen-bond acceptors (Lipinski definition) is 6. The van der Waals surface area contributed by atoms with Crippen LogP contribution in [0, 0.1) is 0 Å². The van der Waals surface area contributed by atoms with Crippen molar-refractivity contribution in [3.05, 3.63) is 24.0 Å². The molecule has 5 nitrogen and oxygen atoms in total. The lowest BCUT2D eigenvalue weighted by atomic mass is 10.2. The zero-order chi connectivity index (χ0) is 15.3. The Bertz CT molecular complexity index is 563. The topological polar surface area (TPSA) is 62.3 Å². The molecule has 0 radical (unpaired) electrons. The van der Waals surface area contributed by atoms with Crippen LogP contribution in [0.4, 0.5) is 5.69 Å². The van der Waals surface area contributed by atoms with Crippen LogP contribution in [0.15, 0.2) is 18.3 Å². The van der Waals surface area contributed by atoms with Crippen LogP contribution in [0.2, 0.25) is 0 Å². The highest BCUT2D eigenvalue weighted by Crippen LogP contribution is 2.26. The lowest BCUT2D eigenvalue weighted by Gasteiger charge is -2.36. The van der Waals surface area contributed by atoms with Crippen LogP contribution in [0.5, 0.6) is 0 Å². The van der Waals surface area contributed by atoms with E-state index in [0.717, 1.165) is 36.6 Å². The van der Waals surface area contributed by atoms with E-state index in [-0.39, 0.29) is 0 Å². The van der Waals surface area contributed by atoms with E-state index in [0.29, 0.717) is 12.3 Å². The minimum Gasteiger partial charge on any atom is -0.353 e. The summed E-state index contributed by atoms with van der Waals surface area (Å²) in [5.41, 5.74) is 1.90. The van der Waals surface area contributed by atoms with Gasteiger partial charge in [0.15, 0.2) is 9.84 Å². The smallest absolute Gasteiger partial charge is 0.169 e.